The standard InChI is InChI=1S/C16H15N3O2/c20-16-12(8-11-3-1-2-4-13(11)17-16)9-15-19-18-14(21-15)7-10-5-6-10/h1-4,8,10,12H,5-7,9H2. The number of hydrogen-bond acceptors (Lipinski definition) is 4. The molecule has 5 nitrogen and oxygen atoms in total. The van der Waals surface area contributed by atoms with Gasteiger partial charge < -0.3 is 4.42 Å². The van der Waals surface area contributed by atoms with E-state index in [4.69, 9.17) is 4.42 Å². The zero-order chi connectivity index (χ0) is 14.2. The molecule has 1 fully saturated rings. The number of carbonyl (C=O) groups excluding carboxylic acids is 1. The number of para-hydroxylation sites is 1. The van der Waals surface area contributed by atoms with Gasteiger partial charge in [0.15, 0.2) is 0 Å². The molecule has 21 heavy (non-hydrogen) atoms. The first-order chi connectivity index (χ1) is 10.3. The van der Waals surface area contributed by atoms with Crippen molar-refractivity contribution in [2.75, 3.05) is 0 Å². The van der Waals surface area contributed by atoms with Gasteiger partial charge >= 0.3 is 0 Å². The van der Waals surface area contributed by atoms with Crippen LogP contribution < -0.4 is 10.6 Å². The lowest BCUT2D eigenvalue weighted by Crippen LogP contribution is -2.34. The molecule has 1 aliphatic heterocycles. The second-order valence-electron chi connectivity index (χ2n) is 5.72. The van der Waals surface area contributed by atoms with E-state index in [2.05, 4.69) is 15.2 Å². The van der Waals surface area contributed by atoms with Crippen LogP contribution in [0.25, 0.3) is 6.08 Å². The van der Waals surface area contributed by atoms with Gasteiger partial charge in [0.1, 0.15) is 0 Å². The van der Waals surface area contributed by atoms with Gasteiger partial charge in [-0.15, -0.1) is 10.2 Å². The summed E-state index contributed by atoms with van der Waals surface area (Å²) < 4.78 is 5.64. The Kier molecular flexibility index (Phi) is 2.91. The summed E-state index contributed by atoms with van der Waals surface area (Å²) in [6, 6.07) is 7.63. The Morgan fingerprint density at radius 2 is 1.86 bits per heavy atom. The Morgan fingerprint density at radius 1 is 1.10 bits per heavy atom. The molecule has 4 rings (SSSR count). The molecule has 0 saturated heterocycles. The fourth-order valence-corrected chi connectivity index (χ4v) is 2.58. The van der Waals surface area contributed by atoms with Crippen LogP contribution in [-0.4, -0.2) is 16.1 Å². The molecular weight excluding hydrogens is 266 g/mol. The maximum Gasteiger partial charge on any atom is 0.253 e. The first-order valence-electron chi connectivity index (χ1n) is 7.28. The van der Waals surface area contributed by atoms with E-state index in [1.54, 1.807) is 0 Å². The molecule has 0 bridgehead atoms. The van der Waals surface area contributed by atoms with Crippen molar-refractivity contribution in [3.63, 3.8) is 0 Å². The van der Waals surface area contributed by atoms with Crippen LogP contribution in [0.4, 0.5) is 0 Å². The molecule has 1 aromatic heterocycles. The third kappa shape index (κ3) is 2.63. The zero-order valence-corrected chi connectivity index (χ0v) is 11.5. The summed E-state index contributed by atoms with van der Waals surface area (Å²) >= 11 is 0. The van der Waals surface area contributed by atoms with E-state index in [1.165, 1.54) is 12.8 Å². The average molecular weight is 281 g/mol. The minimum Gasteiger partial charge on any atom is -0.425 e. The lowest BCUT2D eigenvalue weighted by Gasteiger charge is -2.09. The van der Waals surface area contributed by atoms with Gasteiger partial charge in [-0.2, -0.15) is 0 Å². The van der Waals surface area contributed by atoms with Gasteiger partial charge in [-0.25, -0.2) is 4.99 Å². The molecular formula is C16H15N3O2. The molecule has 1 aliphatic carbocycles. The number of rotatable bonds is 4. The number of benzene rings is 1. The van der Waals surface area contributed by atoms with E-state index >= 15 is 0 Å². The average Bonchev–Trinajstić information content (AvgIpc) is 3.18. The monoisotopic (exact) mass is 281 g/mol. The van der Waals surface area contributed by atoms with E-state index < -0.39 is 0 Å². The quantitative estimate of drug-likeness (QED) is 0.832. The lowest BCUT2D eigenvalue weighted by atomic mass is 10.0. The molecule has 2 heterocycles. The van der Waals surface area contributed by atoms with E-state index in [0.29, 0.717) is 24.1 Å². The van der Waals surface area contributed by atoms with Crippen molar-refractivity contribution in [1.29, 1.82) is 0 Å². The molecule has 1 amide bonds. The second-order valence-corrected chi connectivity index (χ2v) is 5.72. The number of amides is 1. The molecule has 1 aromatic carbocycles. The van der Waals surface area contributed by atoms with Crippen LogP contribution in [0.5, 0.6) is 0 Å². The third-order valence-corrected chi connectivity index (χ3v) is 3.93. The molecule has 1 atom stereocenters. The molecule has 106 valence electrons. The van der Waals surface area contributed by atoms with Crippen molar-refractivity contribution in [2.24, 2.45) is 16.8 Å². The summed E-state index contributed by atoms with van der Waals surface area (Å²) in [5.74, 6) is 1.47. The minimum atomic E-state index is -0.311. The molecule has 0 N–H and O–H groups in total. The highest BCUT2D eigenvalue weighted by atomic mass is 16.4. The summed E-state index contributed by atoms with van der Waals surface area (Å²) in [6.07, 6.45) is 5.73. The fourth-order valence-electron chi connectivity index (χ4n) is 2.58. The van der Waals surface area contributed by atoms with Gasteiger partial charge in [0, 0.05) is 12.8 Å². The Morgan fingerprint density at radius 3 is 2.67 bits per heavy atom. The highest BCUT2D eigenvalue weighted by Gasteiger charge is 2.25. The SMILES string of the molecule is O=C1N=c2ccccc2=CC1Cc1nnc(CC2CC2)o1. The van der Waals surface area contributed by atoms with Crippen LogP contribution in [0.2, 0.25) is 0 Å². The van der Waals surface area contributed by atoms with E-state index in [0.717, 1.165) is 17.0 Å². The van der Waals surface area contributed by atoms with Gasteiger partial charge in [0.05, 0.1) is 11.3 Å². The fraction of sp³-hybridized carbons (Fsp3) is 0.375. The van der Waals surface area contributed by atoms with Crippen LogP contribution in [0.15, 0.2) is 33.7 Å². The maximum atomic E-state index is 12.1. The van der Waals surface area contributed by atoms with Gasteiger partial charge in [-0.05, 0) is 30.0 Å². The Labute approximate surface area is 121 Å². The van der Waals surface area contributed by atoms with E-state index in [9.17, 15) is 4.79 Å². The highest BCUT2D eigenvalue weighted by molar-refractivity contribution is 5.86. The first kappa shape index (κ1) is 12.4. The van der Waals surface area contributed by atoms with Crippen LogP contribution in [0.3, 0.4) is 0 Å². The van der Waals surface area contributed by atoms with E-state index in [-0.39, 0.29) is 11.8 Å². The third-order valence-electron chi connectivity index (χ3n) is 3.93. The Balaban J connectivity index is 1.55. The first-order valence-corrected chi connectivity index (χ1v) is 7.28. The molecule has 5 heteroatoms. The summed E-state index contributed by atoms with van der Waals surface area (Å²) in [5.41, 5.74) is 0. The number of hydrogen-bond donors (Lipinski definition) is 0. The van der Waals surface area contributed by atoms with Crippen LogP contribution in [-0.2, 0) is 17.6 Å². The van der Waals surface area contributed by atoms with E-state index in [1.807, 2.05) is 30.3 Å². The predicted molar refractivity (Wildman–Crippen MR) is 74.6 cm³/mol. The zero-order valence-electron chi connectivity index (χ0n) is 11.5. The van der Waals surface area contributed by atoms with Gasteiger partial charge in [-0.3, -0.25) is 4.79 Å². The molecule has 2 aromatic rings. The van der Waals surface area contributed by atoms with Crippen LogP contribution in [0, 0.1) is 11.8 Å². The second kappa shape index (κ2) is 4.91. The summed E-state index contributed by atoms with van der Waals surface area (Å²) in [6.45, 7) is 0. The topological polar surface area (TPSA) is 68.3 Å². The van der Waals surface area contributed by atoms with Crippen LogP contribution >= 0.6 is 0 Å². The largest absolute Gasteiger partial charge is 0.425 e. The van der Waals surface area contributed by atoms with Gasteiger partial charge in [0.25, 0.3) is 5.91 Å². The van der Waals surface area contributed by atoms with Crippen molar-refractivity contribution in [3.8, 4) is 0 Å². The smallest absolute Gasteiger partial charge is 0.253 e. The molecule has 0 spiro atoms. The van der Waals surface area contributed by atoms with Gasteiger partial charge in [0.2, 0.25) is 11.8 Å². The summed E-state index contributed by atoms with van der Waals surface area (Å²) in [4.78, 5) is 16.2. The molecule has 1 saturated carbocycles. The normalized spacial score (nSPS) is 20.6. The maximum absolute atomic E-state index is 12.1. The molecule has 2 aliphatic rings. The van der Waals surface area contributed by atoms with Crippen molar-refractivity contribution in [3.05, 3.63) is 46.6 Å². The highest BCUT2D eigenvalue weighted by Crippen LogP contribution is 2.32. The molecule has 0 radical (unpaired) electrons. The minimum absolute atomic E-state index is 0.143. The van der Waals surface area contributed by atoms with Crippen molar-refractivity contribution in [1.82, 2.24) is 10.2 Å². The number of aromatic nitrogens is 2. The number of carbonyl (C=O) groups is 1. The van der Waals surface area contributed by atoms with Gasteiger partial charge in [-0.1, -0.05) is 24.3 Å². The van der Waals surface area contributed by atoms with Crippen LogP contribution in [0.1, 0.15) is 24.6 Å². The summed E-state index contributed by atoms with van der Waals surface area (Å²) in [7, 11) is 0. The van der Waals surface area contributed by atoms with Crippen molar-refractivity contribution in [2.45, 2.75) is 25.7 Å². The van der Waals surface area contributed by atoms with Crippen molar-refractivity contribution >= 4 is 12.0 Å². The molecule has 1 unspecified atom stereocenters. The number of nitrogens with zero attached hydrogens (tertiary/aromatic N) is 3. The number of fused-ring (bicyclic) bond motifs is 1. The predicted octanol–water partition coefficient (Wildman–Crippen LogP) is 0.821. The summed E-state index contributed by atoms with van der Waals surface area (Å²) in [5, 5.41) is 9.83. The lowest BCUT2D eigenvalue weighted by molar-refractivity contribution is -0.120. The Hall–Kier alpha value is -2.30. The Bertz CT molecular complexity index is 805. The van der Waals surface area contributed by atoms with Crippen molar-refractivity contribution < 1.29 is 9.21 Å².